The summed E-state index contributed by atoms with van der Waals surface area (Å²) in [6.07, 6.45) is 0.139. The number of fused-ring (bicyclic) bond motifs is 2. The largest absolute Gasteiger partial charge is 0.507 e. The Balaban J connectivity index is 1.59. The van der Waals surface area contributed by atoms with E-state index < -0.39 is 0 Å². The molecule has 0 fully saturated rings. The molecule has 0 aromatic heterocycles. The molecular weight excluding hydrogens is 510 g/mol. The van der Waals surface area contributed by atoms with Crippen molar-refractivity contribution < 1.29 is 33.6 Å². The number of ether oxygens (including phenoxy) is 5. The van der Waals surface area contributed by atoms with Crippen LogP contribution in [0.3, 0.4) is 0 Å². The average Bonchev–Trinajstić information content (AvgIpc) is 2.99. The molecule has 3 aromatic carbocycles. The molecule has 2 bridgehead atoms. The Morgan fingerprint density at radius 3 is 2.02 bits per heavy atom. The first-order valence-corrected chi connectivity index (χ1v) is 13.8. The summed E-state index contributed by atoms with van der Waals surface area (Å²) in [7, 11) is 0. The summed E-state index contributed by atoms with van der Waals surface area (Å²) in [5.74, 6) is -0.161. The van der Waals surface area contributed by atoms with Gasteiger partial charge in [-0.25, -0.2) is 0 Å². The van der Waals surface area contributed by atoms with Gasteiger partial charge in [0.05, 0.1) is 52.9 Å². The number of amides is 1. The number of rotatable bonds is 5. The van der Waals surface area contributed by atoms with Crippen LogP contribution >= 0.6 is 0 Å². The fourth-order valence-corrected chi connectivity index (χ4v) is 4.39. The second-order valence-electron chi connectivity index (χ2n) is 9.58. The van der Waals surface area contributed by atoms with E-state index in [4.69, 9.17) is 23.7 Å². The molecule has 2 atom stereocenters. The van der Waals surface area contributed by atoms with Crippen LogP contribution in [-0.2, 0) is 36.9 Å². The van der Waals surface area contributed by atoms with Crippen LogP contribution in [0.2, 0.25) is 0 Å². The highest BCUT2D eigenvalue weighted by Gasteiger charge is 2.19. The lowest BCUT2D eigenvalue weighted by Crippen LogP contribution is -2.24. The maximum Gasteiger partial charge on any atom is 0.251 e. The highest BCUT2D eigenvalue weighted by atomic mass is 16.6. The Labute approximate surface area is 236 Å². The normalized spacial score (nSPS) is 19.7. The Morgan fingerprint density at radius 1 is 0.775 bits per heavy atom. The van der Waals surface area contributed by atoms with Gasteiger partial charge in [0.1, 0.15) is 18.0 Å². The number of benzene rings is 3. The maximum atomic E-state index is 12.9. The van der Waals surface area contributed by atoms with Gasteiger partial charge in [-0.05, 0) is 29.7 Å². The van der Waals surface area contributed by atoms with Crippen LogP contribution in [0, 0.1) is 0 Å². The molecule has 0 aliphatic carbocycles. The molecule has 2 N–H and O–H groups in total. The van der Waals surface area contributed by atoms with Crippen molar-refractivity contribution in [2.45, 2.75) is 38.8 Å². The van der Waals surface area contributed by atoms with E-state index in [2.05, 4.69) is 5.32 Å². The first-order valence-electron chi connectivity index (χ1n) is 13.8. The minimum absolute atomic E-state index is 0.0477. The number of aromatic hydroxyl groups is 1. The molecule has 3 aromatic rings. The number of phenolic OH excluding ortho intramolecular Hbond substituents is 1. The lowest BCUT2D eigenvalue weighted by molar-refractivity contribution is -0.0601. The van der Waals surface area contributed by atoms with Crippen LogP contribution in [-0.4, -0.2) is 57.2 Å². The predicted molar refractivity (Wildman–Crippen MR) is 151 cm³/mol. The summed E-state index contributed by atoms with van der Waals surface area (Å²) >= 11 is 0. The number of hydrogen-bond donors (Lipinski definition) is 2. The van der Waals surface area contributed by atoms with Crippen molar-refractivity contribution in [3.8, 4) is 5.75 Å². The highest BCUT2D eigenvalue weighted by molar-refractivity contribution is 5.94. The molecule has 0 saturated carbocycles. The van der Waals surface area contributed by atoms with Gasteiger partial charge in [0, 0.05) is 23.2 Å². The molecule has 1 aliphatic rings. The minimum Gasteiger partial charge on any atom is -0.507 e. The number of carbonyl (C=O) groups excluding carboxylic acids is 1. The molecule has 0 spiro atoms. The van der Waals surface area contributed by atoms with Crippen LogP contribution in [0.1, 0.15) is 58.2 Å². The van der Waals surface area contributed by atoms with Gasteiger partial charge in [-0.1, -0.05) is 67.6 Å². The average molecular weight is 550 g/mol. The standard InChI is InChI=1S/C32H39NO7/c1-2-13-33-32(35)26-18-27-20-38-23-29(24-9-5-3-6-10-24)39-17-16-36-14-15-37-22-30(25-11-7-4-8-12-25)40-21-28(19-26)31(27)34/h3-12,18-19,29-30,34H,2,13-17,20-23H2,1H3,(H,33,35)/t29-,30-/m1/s1. The van der Waals surface area contributed by atoms with E-state index in [0.29, 0.717) is 56.3 Å². The van der Waals surface area contributed by atoms with Gasteiger partial charge >= 0.3 is 0 Å². The first-order chi connectivity index (χ1) is 19.7. The van der Waals surface area contributed by atoms with E-state index in [1.54, 1.807) is 12.1 Å². The molecule has 0 saturated heterocycles. The summed E-state index contributed by atoms with van der Waals surface area (Å²) in [6, 6.07) is 23.0. The van der Waals surface area contributed by atoms with Crippen LogP contribution in [0.15, 0.2) is 72.8 Å². The number of carbonyl (C=O) groups is 1. The van der Waals surface area contributed by atoms with Gasteiger partial charge < -0.3 is 34.1 Å². The second kappa shape index (κ2) is 16.1. The fourth-order valence-electron chi connectivity index (χ4n) is 4.39. The Morgan fingerprint density at radius 2 is 1.35 bits per heavy atom. The molecule has 4 rings (SSSR count). The summed E-state index contributed by atoms with van der Waals surface area (Å²) < 4.78 is 30.0. The van der Waals surface area contributed by atoms with Gasteiger partial charge in [0.2, 0.25) is 0 Å². The summed E-state index contributed by atoms with van der Waals surface area (Å²) in [4.78, 5) is 12.9. The van der Waals surface area contributed by atoms with Crippen molar-refractivity contribution in [1.29, 1.82) is 0 Å². The fraction of sp³-hybridized carbons (Fsp3) is 0.406. The lowest BCUT2D eigenvalue weighted by atomic mass is 10.0. The van der Waals surface area contributed by atoms with E-state index in [1.165, 1.54) is 0 Å². The third kappa shape index (κ3) is 8.87. The van der Waals surface area contributed by atoms with Gasteiger partial charge in [-0.15, -0.1) is 0 Å². The van der Waals surface area contributed by atoms with Crippen LogP contribution in [0.4, 0.5) is 0 Å². The van der Waals surface area contributed by atoms with Crippen LogP contribution < -0.4 is 5.32 Å². The Bertz CT molecular complexity index is 1170. The van der Waals surface area contributed by atoms with Gasteiger partial charge in [0.15, 0.2) is 0 Å². The number of nitrogens with one attached hydrogen (secondary N) is 1. The Hall–Kier alpha value is -3.27. The molecule has 1 amide bonds. The predicted octanol–water partition coefficient (Wildman–Crippen LogP) is 5.11. The molecule has 0 radical (unpaired) electrons. The number of phenols is 1. The summed E-state index contributed by atoms with van der Waals surface area (Å²) in [5, 5.41) is 14.1. The second-order valence-corrected chi connectivity index (χ2v) is 9.58. The molecule has 40 heavy (non-hydrogen) atoms. The zero-order valence-corrected chi connectivity index (χ0v) is 23.1. The molecule has 1 aliphatic heterocycles. The molecule has 8 heteroatoms. The maximum absolute atomic E-state index is 12.9. The van der Waals surface area contributed by atoms with Crippen molar-refractivity contribution in [2.24, 2.45) is 0 Å². The molecular formula is C32H39NO7. The zero-order valence-electron chi connectivity index (χ0n) is 23.1. The Kier molecular flexibility index (Phi) is 12.0. The van der Waals surface area contributed by atoms with Crippen molar-refractivity contribution >= 4 is 5.91 Å². The monoisotopic (exact) mass is 549 g/mol. The topological polar surface area (TPSA) is 95.5 Å². The molecule has 1 heterocycles. The van der Waals surface area contributed by atoms with Gasteiger partial charge in [-0.2, -0.15) is 0 Å². The van der Waals surface area contributed by atoms with Gasteiger partial charge in [0.25, 0.3) is 5.91 Å². The zero-order chi connectivity index (χ0) is 28.0. The van der Waals surface area contributed by atoms with Crippen molar-refractivity contribution in [2.75, 3.05) is 46.2 Å². The third-order valence-corrected chi connectivity index (χ3v) is 6.56. The van der Waals surface area contributed by atoms with E-state index >= 15 is 0 Å². The smallest absolute Gasteiger partial charge is 0.251 e. The lowest BCUT2D eigenvalue weighted by Gasteiger charge is -2.22. The molecule has 8 nitrogen and oxygen atoms in total. The quantitative estimate of drug-likeness (QED) is 0.457. The first kappa shape index (κ1) is 29.7. The highest BCUT2D eigenvalue weighted by Crippen LogP contribution is 2.29. The number of hydrogen-bond acceptors (Lipinski definition) is 7. The molecule has 0 unspecified atom stereocenters. The van der Waals surface area contributed by atoms with Crippen molar-refractivity contribution in [3.05, 3.63) is 101 Å². The summed E-state index contributed by atoms with van der Waals surface area (Å²) in [5.41, 5.74) is 3.39. The van der Waals surface area contributed by atoms with E-state index in [0.717, 1.165) is 17.5 Å². The van der Waals surface area contributed by atoms with E-state index in [9.17, 15) is 9.90 Å². The van der Waals surface area contributed by atoms with Gasteiger partial charge in [-0.3, -0.25) is 4.79 Å². The van der Waals surface area contributed by atoms with E-state index in [-0.39, 0.29) is 43.7 Å². The summed E-state index contributed by atoms with van der Waals surface area (Å²) in [6.45, 7) is 4.96. The van der Waals surface area contributed by atoms with Crippen LogP contribution in [0.25, 0.3) is 0 Å². The van der Waals surface area contributed by atoms with E-state index in [1.807, 2.05) is 67.6 Å². The van der Waals surface area contributed by atoms with Crippen molar-refractivity contribution in [3.63, 3.8) is 0 Å². The third-order valence-electron chi connectivity index (χ3n) is 6.56. The minimum atomic E-state index is -0.369. The molecule has 214 valence electrons. The SMILES string of the molecule is CCCNC(=O)c1cc2c(O)c(c1)CO[C@@H](c1ccccc1)COCCOCCO[C@@H](c1ccccc1)COC2. The van der Waals surface area contributed by atoms with Crippen LogP contribution in [0.5, 0.6) is 5.75 Å². The van der Waals surface area contributed by atoms with Crippen molar-refractivity contribution in [1.82, 2.24) is 5.32 Å².